The number of likely N-dealkylation sites (N-methyl/N-ethyl adjacent to an activating group) is 2. The molecule has 0 radical (unpaired) electrons. The Balaban J connectivity index is 2.29. The van der Waals surface area contributed by atoms with Crippen molar-refractivity contribution in [2.24, 2.45) is 0 Å². The summed E-state index contributed by atoms with van der Waals surface area (Å²) in [6, 6.07) is 0. The molecule has 0 aliphatic heterocycles. The summed E-state index contributed by atoms with van der Waals surface area (Å²) < 4.78 is 2.08. The Bertz CT molecular complexity index is 625. The van der Waals surface area contributed by atoms with E-state index in [4.69, 9.17) is 0 Å². The van der Waals surface area contributed by atoms with Crippen LogP contribution in [0.2, 0.25) is 0 Å². The third kappa shape index (κ3) is 3.74. The monoisotopic (exact) mass is 309 g/mol. The predicted octanol–water partition coefficient (Wildman–Crippen LogP) is 1.47. The van der Waals surface area contributed by atoms with Crippen LogP contribution in [0.15, 0.2) is 11.6 Å². The van der Waals surface area contributed by atoms with Crippen molar-refractivity contribution in [1.82, 2.24) is 20.0 Å². The second-order valence-electron chi connectivity index (χ2n) is 6.07. The molecule has 0 fully saturated rings. The first-order valence-corrected chi connectivity index (χ1v) is 7.81. The van der Waals surface area contributed by atoms with Crippen molar-refractivity contribution in [3.05, 3.63) is 17.3 Å². The number of hydrogen-bond acceptors (Lipinski definition) is 5. The molecular formula is C14H23N5OS. The molecular weight excluding hydrogens is 286 g/mol. The Labute approximate surface area is 129 Å². The van der Waals surface area contributed by atoms with E-state index in [-0.39, 0.29) is 11.4 Å². The molecule has 0 saturated heterocycles. The van der Waals surface area contributed by atoms with Gasteiger partial charge in [-0.15, -0.1) is 11.3 Å². The van der Waals surface area contributed by atoms with Crippen molar-refractivity contribution in [3.8, 4) is 0 Å². The summed E-state index contributed by atoms with van der Waals surface area (Å²) in [6.07, 6.45) is 2.02. The average molecular weight is 309 g/mol. The molecule has 0 bridgehead atoms. The van der Waals surface area contributed by atoms with E-state index in [1.807, 2.05) is 23.5 Å². The lowest BCUT2D eigenvalue weighted by Crippen LogP contribution is -2.37. The lowest BCUT2D eigenvalue weighted by molar-refractivity contribution is -0.119. The number of thiazole rings is 1. The highest BCUT2D eigenvalue weighted by molar-refractivity contribution is 7.15. The molecule has 2 N–H and O–H groups in total. The number of anilines is 1. The fraction of sp³-hybridized carbons (Fsp3) is 0.571. The van der Waals surface area contributed by atoms with Gasteiger partial charge in [0.25, 0.3) is 0 Å². The van der Waals surface area contributed by atoms with Crippen molar-refractivity contribution >= 4 is 28.0 Å². The molecule has 21 heavy (non-hydrogen) atoms. The van der Waals surface area contributed by atoms with Gasteiger partial charge in [-0.2, -0.15) is 0 Å². The number of carbonyl (C=O) groups is 1. The number of nitrogens with zero attached hydrogens (tertiary/aromatic N) is 3. The van der Waals surface area contributed by atoms with E-state index in [2.05, 4.69) is 40.8 Å². The molecule has 2 aromatic heterocycles. The van der Waals surface area contributed by atoms with Crippen LogP contribution in [0.25, 0.3) is 4.96 Å². The van der Waals surface area contributed by atoms with Gasteiger partial charge in [0.05, 0.1) is 12.2 Å². The maximum Gasteiger partial charge on any atom is 0.239 e. The number of carbonyl (C=O) groups excluding carboxylic acids is 1. The zero-order chi connectivity index (χ0) is 15.6. The van der Waals surface area contributed by atoms with Gasteiger partial charge in [0.1, 0.15) is 0 Å². The summed E-state index contributed by atoms with van der Waals surface area (Å²) >= 11 is 1.59. The Morgan fingerprint density at radius 1 is 1.48 bits per heavy atom. The van der Waals surface area contributed by atoms with Crippen molar-refractivity contribution in [1.29, 1.82) is 0 Å². The van der Waals surface area contributed by atoms with Gasteiger partial charge in [-0.1, -0.05) is 0 Å². The van der Waals surface area contributed by atoms with E-state index in [1.165, 1.54) is 0 Å². The van der Waals surface area contributed by atoms with Crippen LogP contribution in [0.1, 0.15) is 26.5 Å². The number of nitrogens with one attached hydrogen (secondary N) is 2. The standard InChI is InChI=1S/C14H23N5OS/c1-14(2,3)16-8-10-12(18(5)9-11(20)15-4)17-13-19(10)6-7-21-13/h6-7,16H,8-9H2,1-5H3,(H,15,20). The van der Waals surface area contributed by atoms with Gasteiger partial charge in [-0.3, -0.25) is 9.20 Å². The van der Waals surface area contributed by atoms with E-state index in [0.29, 0.717) is 13.1 Å². The van der Waals surface area contributed by atoms with E-state index in [1.54, 1.807) is 18.4 Å². The Morgan fingerprint density at radius 3 is 2.81 bits per heavy atom. The molecule has 0 spiro atoms. The zero-order valence-corrected chi connectivity index (χ0v) is 14.0. The molecule has 0 aliphatic carbocycles. The maximum atomic E-state index is 11.6. The molecule has 0 aromatic carbocycles. The van der Waals surface area contributed by atoms with Crippen LogP contribution < -0.4 is 15.5 Å². The molecule has 6 nitrogen and oxygen atoms in total. The minimum absolute atomic E-state index is 0.0245. The van der Waals surface area contributed by atoms with Crippen LogP contribution in [0.4, 0.5) is 5.82 Å². The molecule has 7 heteroatoms. The highest BCUT2D eigenvalue weighted by Crippen LogP contribution is 2.24. The summed E-state index contributed by atoms with van der Waals surface area (Å²) in [4.78, 5) is 19.1. The topological polar surface area (TPSA) is 61.7 Å². The normalized spacial score (nSPS) is 11.9. The Kier molecular flexibility index (Phi) is 4.53. The van der Waals surface area contributed by atoms with Crippen LogP contribution >= 0.6 is 11.3 Å². The third-order valence-electron chi connectivity index (χ3n) is 3.15. The van der Waals surface area contributed by atoms with Crippen molar-refractivity contribution in [3.63, 3.8) is 0 Å². The van der Waals surface area contributed by atoms with E-state index in [9.17, 15) is 4.79 Å². The van der Waals surface area contributed by atoms with Crippen LogP contribution in [0.3, 0.4) is 0 Å². The SMILES string of the molecule is CNC(=O)CN(C)c1nc2sccn2c1CNC(C)(C)C. The molecule has 0 aliphatic rings. The summed E-state index contributed by atoms with van der Waals surface area (Å²) in [5, 5.41) is 8.15. The predicted molar refractivity (Wildman–Crippen MR) is 87.0 cm³/mol. The van der Waals surface area contributed by atoms with Crippen LogP contribution in [-0.4, -0.2) is 41.5 Å². The molecule has 2 aromatic rings. The van der Waals surface area contributed by atoms with Crippen LogP contribution in [-0.2, 0) is 11.3 Å². The van der Waals surface area contributed by atoms with Gasteiger partial charge < -0.3 is 15.5 Å². The number of imidazole rings is 1. The lowest BCUT2D eigenvalue weighted by atomic mass is 10.1. The van der Waals surface area contributed by atoms with Gasteiger partial charge in [0.15, 0.2) is 10.8 Å². The summed E-state index contributed by atoms with van der Waals surface area (Å²) in [5.74, 6) is 0.825. The quantitative estimate of drug-likeness (QED) is 0.878. The maximum absolute atomic E-state index is 11.6. The third-order valence-corrected chi connectivity index (χ3v) is 3.90. The Hall–Kier alpha value is -1.60. The second kappa shape index (κ2) is 6.03. The lowest BCUT2D eigenvalue weighted by Gasteiger charge is -2.22. The van der Waals surface area contributed by atoms with Crippen molar-refractivity contribution < 1.29 is 4.79 Å². The van der Waals surface area contributed by atoms with E-state index >= 15 is 0 Å². The summed E-state index contributed by atoms with van der Waals surface area (Å²) in [7, 11) is 3.53. The van der Waals surface area contributed by atoms with Gasteiger partial charge in [0.2, 0.25) is 5.91 Å². The first kappa shape index (κ1) is 15.8. The number of aromatic nitrogens is 2. The first-order chi connectivity index (χ1) is 9.81. The van der Waals surface area contributed by atoms with Crippen LogP contribution in [0, 0.1) is 0 Å². The number of fused-ring (bicyclic) bond motifs is 1. The molecule has 2 heterocycles. The number of hydrogen-bond donors (Lipinski definition) is 2. The smallest absolute Gasteiger partial charge is 0.239 e. The molecule has 0 saturated carbocycles. The zero-order valence-electron chi connectivity index (χ0n) is 13.2. The number of amides is 1. The van der Waals surface area contributed by atoms with Gasteiger partial charge in [-0.05, 0) is 20.8 Å². The van der Waals surface area contributed by atoms with Gasteiger partial charge >= 0.3 is 0 Å². The summed E-state index contributed by atoms with van der Waals surface area (Å²) in [6.45, 7) is 7.39. The molecule has 116 valence electrons. The number of rotatable bonds is 5. The molecule has 0 unspecified atom stereocenters. The highest BCUT2D eigenvalue weighted by Gasteiger charge is 2.19. The minimum atomic E-state index is -0.0245. The second-order valence-corrected chi connectivity index (χ2v) is 6.94. The molecule has 0 atom stereocenters. The Morgan fingerprint density at radius 2 is 2.19 bits per heavy atom. The fourth-order valence-corrected chi connectivity index (χ4v) is 2.74. The van der Waals surface area contributed by atoms with Crippen molar-refractivity contribution in [2.75, 3.05) is 25.5 Å². The van der Waals surface area contributed by atoms with Gasteiger partial charge in [0, 0.05) is 37.8 Å². The fourth-order valence-electron chi connectivity index (χ4n) is 2.01. The van der Waals surface area contributed by atoms with E-state index in [0.717, 1.165) is 16.5 Å². The van der Waals surface area contributed by atoms with E-state index < -0.39 is 0 Å². The average Bonchev–Trinajstić information content (AvgIpc) is 2.95. The highest BCUT2D eigenvalue weighted by atomic mass is 32.1. The minimum Gasteiger partial charge on any atom is -0.358 e. The van der Waals surface area contributed by atoms with Crippen molar-refractivity contribution in [2.45, 2.75) is 32.9 Å². The largest absolute Gasteiger partial charge is 0.358 e. The first-order valence-electron chi connectivity index (χ1n) is 6.93. The summed E-state index contributed by atoms with van der Waals surface area (Å²) in [5.41, 5.74) is 1.10. The van der Waals surface area contributed by atoms with Gasteiger partial charge in [-0.25, -0.2) is 4.98 Å². The van der Waals surface area contributed by atoms with Crippen LogP contribution in [0.5, 0.6) is 0 Å². The molecule has 2 rings (SSSR count). The molecule has 1 amide bonds.